The molecule has 160 valence electrons. The number of ether oxygens (including phenoxy) is 2. The number of hydrogen-bond acceptors (Lipinski definition) is 4. The third kappa shape index (κ3) is 4.53. The molecule has 6 heteroatoms. The number of rotatable bonds is 6. The van der Waals surface area contributed by atoms with Gasteiger partial charge >= 0.3 is 5.97 Å². The van der Waals surface area contributed by atoms with Crippen LogP contribution >= 0.6 is 0 Å². The van der Waals surface area contributed by atoms with Crippen molar-refractivity contribution < 1.29 is 23.8 Å². The number of aromatic nitrogens is 1. The number of benzene rings is 2. The zero-order chi connectivity index (χ0) is 22.0. The summed E-state index contributed by atoms with van der Waals surface area (Å²) in [5.74, 6) is -0.409. The van der Waals surface area contributed by atoms with E-state index in [0.717, 1.165) is 28.0 Å². The summed E-state index contributed by atoms with van der Waals surface area (Å²) in [5, 5.41) is 9.16. The van der Waals surface area contributed by atoms with E-state index in [4.69, 9.17) is 14.6 Å². The van der Waals surface area contributed by atoms with Crippen LogP contribution in [-0.4, -0.2) is 29.8 Å². The molecule has 0 radical (unpaired) electrons. The number of methoxy groups -OCH3 is 1. The number of aliphatic carboxylic acids is 1. The van der Waals surface area contributed by atoms with Gasteiger partial charge in [-0.2, -0.15) is 0 Å². The molecule has 1 aromatic heterocycles. The van der Waals surface area contributed by atoms with Gasteiger partial charge in [0, 0.05) is 18.2 Å². The summed E-state index contributed by atoms with van der Waals surface area (Å²) in [4.78, 5) is 15.2. The Labute approximate surface area is 180 Å². The molecule has 0 bridgehead atoms. The van der Waals surface area contributed by atoms with Crippen molar-refractivity contribution in [1.29, 1.82) is 0 Å². The molecule has 1 aliphatic heterocycles. The van der Waals surface area contributed by atoms with E-state index in [9.17, 15) is 4.79 Å². The predicted molar refractivity (Wildman–Crippen MR) is 115 cm³/mol. The minimum Gasteiger partial charge on any atom is -0.493 e. The second-order valence-electron chi connectivity index (χ2n) is 7.92. The van der Waals surface area contributed by atoms with E-state index in [-0.39, 0.29) is 11.7 Å². The first-order chi connectivity index (χ1) is 14.9. The number of carboxylic acid groups (broad SMARTS) is 1. The molecule has 2 aromatic carbocycles. The van der Waals surface area contributed by atoms with Gasteiger partial charge in [-0.3, -0.25) is 4.79 Å². The number of carboxylic acids is 1. The van der Waals surface area contributed by atoms with Gasteiger partial charge in [-0.15, -0.1) is 0 Å². The normalized spacial score (nSPS) is 16.2. The maximum absolute atomic E-state index is 15.1. The first kappa shape index (κ1) is 20.8. The zero-order valence-corrected chi connectivity index (χ0v) is 17.5. The highest BCUT2D eigenvalue weighted by atomic mass is 19.1. The molecule has 31 heavy (non-hydrogen) atoms. The number of carbonyl (C=O) groups is 1. The molecule has 0 aliphatic carbocycles. The minimum atomic E-state index is -0.819. The Hall–Kier alpha value is -3.41. The lowest BCUT2D eigenvalue weighted by Crippen LogP contribution is -2.20. The van der Waals surface area contributed by atoms with Crippen molar-refractivity contribution in [1.82, 2.24) is 4.98 Å². The number of fused-ring (bicyclic) bond motifs is 1. The fraction of sp³-hybridized carbons (Fsp3) is 0.280. The molecule has 1 aliphatic rings. The van der Waals surface area contributed by atoms with Gasteiger partial charge < -0.3 is 14.6 Å². The molecule has 2 unspecified atom stereocenters. The summed E-state index contributed by atoms with van der Waals surface area (Å²) in [6.07, 6.45) is 2.73. The van der Waals surface area contributed by atoms with Gasteiger partial charge in [-0.05, 0) is 58.9 Å². The molecule has 0 saturated heterocycles. The quantitative estimate of drug-likeness (QED) is 0.615. The molecular formula is C25H24FNO4. The summed E-state index contributed by atoms with van der Waals surface area (Å²) in [6.45, 7) is 2.09. The van der Waals surface area contributed by atoms with Crippen LogP contribution in [0.5, 0.6) is 11.6 Å². The summed E-state index contributed by atoms with van der Waals surface area (Å²) in [7, 11) is 1.55. The van der Waals surface area contributed by atoms with E-state index in [2.05, 4.69) is 4.98 Å². The second kappa shape index (κ2) is 8.76. The first-order valence-electron chi connectivity index (χ1n) is 10.2. The Kier molecular flexibility index (Phi) is 5.89. The Balaban J connectivity index is 1.55. The number of hydrogen-bond donors (Lipinski definition) is 1. The molecule has 0 saturated carbocycles. The summed E-state index contributed by atoms with van der Waals surface area (Å²) >= 11 is 0. The van der Waals surface area contributed by atoms with E-state index in [1.807, 2.05) is 36.4 Å². The summed E-state index contributed by atoms with van der Waals surface area (Å²) < 4.78 is 26.1. The number of nitrogens with zero attached hydrogens (tertiary/aromatic N) is 1. The molecule has 4 rings (SSSR count). The lowest BCUT2D eigenvalue weighted by atomic mass is 9.87. The highest BCUT2D eigenvalue weighted by Gasteiger charge is 2.25. The molecule has 0 spiro atoms. The largest absolute Gasteiger partial charge is 0.493 e. The molecule has 5 nitrogen and oxygen atoms in total. The van der Waals surface area contributed by atoms with Gasteiger partial charge in [0.25, 0.3) is 0 Å². The Morgan fingerprint density at radius 3 is 2.77 bits per heavy atom. The SMILES string of the molecule is COc1cc(-c2ccc(C3COc4ccc(CC(C)C(=O)O)cc4C3)c(F)c2)ccn1. The van der Waals surface area contributed by atoms with Crippen LogP contribution in [0, 0.1) is 11.7 Å². The van der Waals surface area contributed by atoms with Crippen LogP contribution in [0.25, 0.3) is 11.1 Å². The first-order valence-corrected chi connectivity index (χ1v) is 10.2. The van der Waals surface area contributed by atoms with Crippen molar-refractivity contribution in [2.75, 3.05) is 13.7 Å². The van der Waals surface area contributed by atoms with Crippen molar-refractivity contribution in [3.63, 3.8) is 0 Å². The van der Waals surface area contributed by atoms with Gasteiger partial charge in [0.05, 0.1) is 19.6 Å². The van der Waals surface area contributed by atoms with Crippen LogP contribution in [-0.2, 0) is 17.6 Å². The van der Waals surface area contributed by atoms with Crippen LogP contribution in [0.15, 0.2) is 54.7 Å². The van der Waals surface area contributed by atoms with E-state index < -0.39 is 11.9 Å². The van der Waals surface area contributed by atoms with Gasteiger partial charge in [0.2, 0.25) is 5.88 Å². The molecule has 2 heterocycles. The highest BCUT2D eigenvalue weighted by molar-refractivity contribution is 5.70. The van der Waals surface area contributed by atoms with Gasteiger partial charge in [-0.1, -0.05) is 31.2 Å². The Morgan fingerprint density at radius 2 is 2.03 bits per heavy atom. The maximum atomic E-state index is 15.1. The predicted octanol–water partition coefficient (Wildman–Crippen LogP) is 4.88. The minimum absolute atomic E-state index is 0.110. The van der Waals surface area contributed by atoms with E-state index in [1.54, 1.807) is 26.3 Å². The molecule has 1 N–H and O–H groups in total. The molecule has 3 aromatic rings. The van der Waals surface area contributed by atoms with Crippen molar-refractivity contribution >= 4 is 5.97 Å². The topological polar surface area (TPSA) is 68.7 Å². The maximum Gasteiger partial charge on any atom is 0.306 e. The molecule has 0 fully saturated rings. The van der Waals surface area contributed by atoms with E-state index in [1.165, 1.54) is 6.07 Å². The standard InChI is InChI=1S/C25H24FNO4/c1-15(25(28)29)9-16-3-6-23-19(10-16)11-20(14-31-23)21-5-4-17(12-22(21)26)18-7-8-27-24(13-18)30-2/h3-8,10,12-13,15,20H,9,11,14H2,1-2H3,(H,28,29). The average Bonchev–Trinajstić information content (AvgIpc) is 2.78. The van der Waals surface area contributed by atoms with Crippen molar-refractivity contribution in [3.05, 3.63) is 77.2 Å². The average molecular weight is 421 g/mol. The van der Waals surface area contributed by atoms with Crippen molar-refractivity contribution in [3.8, 4) is 22.8 Å². The highest BCUT2D eigenvalue weighted by Crippen LogP contribution is 2.35. The van der Waals surface area contributed by atoms with Crippen LogP contribution < -0.4 is 9.47 Å². The second-order valence-corrected chi connectivity index (χ2v) is 7.92. The molecule has 0 amide bonds. The lowest BCUT2D eigenvalue weighted by Gasteiger charge is -2.27. The summed E-state index contributed by atoms with van der Waals surface area (Å²) in [5.41, 5.74) is 4.12. The van der Waals surface area contributed by atoms with Crippen LogP contribution in [0.2, 0.25) is 0 Å². The molecular weight excluding hydrogens is 397 g/mol. The monoisotopic (exact) mass is 421 g/mol. The summed E-state index contributed by atoms with van der Waals surface area (Å²) in [6, 6.07) is 14.6. The third-order valence-corrected chi connectivity index (χ3v) is 5.71. The number of halogens is 1. The van der Waals surface area contributed by atoms with E-state index in [0.29, 0.717) is 30.9 Å². The Morgan fingerprint density at radius 1 is 1.23 bits per heavy atom. The van der Waals surface area contributed by atoms with Gasteiger partial charge in [-0.25, -0.2) is 9.37 Å². The fourth-order valence-corrected chi connectivity index (χ4v) is 3.95. The third-order valence-electron chi connectivity index (χ3n) is 5.71. The number of pyridine rings is 1. The van der Waals surface area contributed by atoms with Crippen molar-refractivity contribution in [2.45, 2.75) is 25.7 Å². The lowest BCUT2D eigenvalue weighted by molar-refractivity contribution is -0.141. The van der Waals surface area contributed by atoms with Crippen LogP contribution in [0.1, 0.15) is 29.5 Å². The Bertz CT molecular complexity index is 1110. The van der Waals surface area contributed by atoms with Gasteiger partial charge in [0.15, 0.2) is 0 Å². The zero-order valence-electron chi connectivity index (χ0n) is 17.5. The molecule has 2 atom stereocenters. The fourth-order valence-electron chi connectivity index (χ4n) is 3.95. The van der Waals surface area contributed by atoms with Crippen LogP contribution in [0.3, 0.4) is 0 Å². The van der Waals surface area contributed by atoms with Gasteiger partial charge in [0.1, 0.15) is 11.6 Å². The van der Waals surface area contributed by atoms with Crippen LogP contribution in [0.4, 0.5) is 4.39 Å². The van der Waals surface area contributed by atoms with E-state index >= 15 is 4.39 Å². The van der Waals surface area contributed by atoms with Crippen molar-refractivity contribution in [2.24, 2.45) is 5.92 Å². The smallest absolute Gasteiger partial charge is 0.306 e.